The molecular weight excluding hydrogens is 206 g/mol. The molecule has 0 saturated carbocycles. The third-order valence-corrected chi connectivity index (χ3v) is 3.04. The van der Waals surface area contributed by atoms with Crippen molar-refractivity contribution in [3.63, 3.8) is 0 Å². The van der Waals surface area contributed by atoms with E-state index in [0.717, 1.165) is 21.5 Å². The summed E-state index contributed by atoms with van der Waals surface area (Å²) in [6.07, 6.45) is 5.15. The smallest absolute Gasteiger partial charge is 0.127 e. The van der Waals surface area contributed by atoms with Gasteiger partial charge in [-0.3, -0.25) is 4.98 Å². The third-order valence-electron chi connectivity index (χ3n) is 2.22. The van der Waals surface area contributed by atoms with E-state index in [0.29, 0.717) is 0 Å². The van der Waals surface area contributed by atoms with E-state index in [-0.39, 0.29) is 0 Å². The minimum Gasteiger partial charge on any atom is -0.265 e. The van der Waals surface area contributed by atoms with Crippen LogP contribution in [0, 0.1) is 0 Å². The van der Waals surface area contributed by atoms with Crippen LogP contribution in [0.2, 0.25) is 0 Å². The van der Waals surface area contributed by atoms with Crippen LogP contribution >= 0.6 is 11.3 Å². The SMILES string of the molecule is c1cc(-c2ncnc3sccc23)ccn1. The van der Waals surface area contributed by atoms with Gasteiger partial charge in [0.15, 0.2) is 0 Å². The fraction of sp³-hybridized carbons (Fsp3) is 0. The van der Waals surface area contributed by atoms with Gasteiger partial charge in [0.25, 0.3) is 0 Å². The molecule has 4 heteroatoms. The number of pyridine rings is 1. The average molecular weight is 213 g/mol. The molecule has 0 saturated heterocycles. The number of aromatic nitrogens is 3. The van der Waals surface area contributed by atoms with Crippen molar-refractivity contribution in [3.05, 3.63) is 42.3 Å². The Hall–Kier alpha value is -1.81. The number of hydrogen-bond acceptors (Lipinski definition) is 4. The maximum atomic E-state index is 4.32. The highest BCUT2D eigenvalue weighted by molar-refractivity contribution is 7.16. The van der Waals surface area contributed by atoms with Crippen LogP contribution in [0.3, 0.4) is 0 Å². The number of rotatable bonds is 1. The Bertz CT molecular complexity index is 589. The Kier molecular flexibility index (Phi) is 1.93. The quantitative estimate of drug-likeness (QED) is 0.624. The molecule has 3 aromatic rings. The zero-order valence-electron chi connectivity index (χ0n) is 7.79. The van der Waals surface area contributed by atoms with E-state index < -0.39 is 0 Å². The van der Waals surface area contributed by atoms with E-state index in [2.05, 4.69) is 21.0 Å². The predicted octanol–water partition coefficient (Wildman–Crippen LogP) is 2.75. The van der Waals surface area contributed by atoms with E-state index in [1.54, 1.807) is 30.1 Å². The van der Waals surface area contributed by atoms with E-state index in [1.165, 1.54) is 0 Å². The number of nitrogens with zero attached hydrogens (tertiary/aromatic N) is 3. The predicted molar refractivity (Wildman–Crippen MR) is 60.6 cm³/mol. The van der Waals surface area contributed by atoms with Crippen LogP contribution in [0.25, 0.3) is 21.5 Å². The average Bonchev–Trinajstić information content (AvgIpc) is 2.78. The number of fused-ring (bicyclic) bond motifs is 1. The molecule has 72 valence electrons. The lowest BCUT2D eigenvalue weighted by Gasteiger charge is -2.00. The minimum atomic E-state index is 0.976. The molecule has 0 unspecified atom stereocenters. The molecule has 0 radical (unpaired) electrons. The van der Waals surface area contributed by atoms with Gasteiger partial charge in [0.1, 0.15) is 11.2 Å². The third kappa shape index (κ3) is 1.39. The highest BCUT2D eigenvalue weighted by Gasteiger charge is 2.05. The van der Waals surface area contributed by atoms with Crippen LogP contribution in [0.15, 0.2) is 42.3 Å². The van der Waals surface area contributed by atoms with Crippen LogP contribution in [0.5, 0.6) is 0 Å². The maximum absolute atomic E-state index is 4.32. The Balaban J connectivity index is 2.31. The first-order chi connectivity index (χ1) is 7.45. The van der Waals surface area contributed by atoms with Crippen molar-refractivity contribution in [2.45, 2.75) is 0 Å². The van der Waals surface area contributed by atoms with Gasteiger partial charge < -0.3 is 0 Å². The largest absolute Gasteiger partial charge is 0.265 e. The van der Waals surface area contributed by atoms with Gasteiger partial charge in [-0.1, -0.05) is 0 Å². The second-order valence-corrected chi connectivity index (χ2v) is 3.99. The van der Waals surface area contributed by atoms with Crippen molar-refractivity contribution >= 4 is 21.6 Å². The van der Waals surface area contributed by atoms with Gasteiger partial charge in [-0.15, -0.1) is 11.3 Å². The van der Waals surface area contributed by atoms with Gasteiger partial charge in [0.05, 0.1) is 5.69 Å². The summed E-state index contributed by atoms with van der Waals surface area (Å²) in [4.78, 5) is 13.6. The Morgan fingerprint density at radius 1 is 1.00 bits per heavy atom. The first kappa shape index (κ1) is 8.49. The molecule has 0 aliphatic rings. The van der Waals surface area contributed by atoms with Gasteiger partial charge in [-0.05, 0) is 23.6 Å². The van der Waals surface area contributed by atoms with Gasteiger partial charge >= 0.3 is 0 Å². The zero-order chi connectivity index (χ0) is 10.1. The number of hydrogen-bond donors (Lipinski definition) is 0. The van der Waals surface area contributed by atoms with E-state index in [4.69, 9.17) is 0 Å². The standard InChI is InChI=1S/C11H7N3S/c1-4-12-5-2-8(1)10-9-3-6-15-11(9)14-7-13-10/h1-7H. The summed E-state index contributed by atoms with van der Waals surface area (Å²) in [5.74, 6) is 0. The van der Waals surface area contributed by atoms with E-state index >= 15 is 0 Å². The van der Waals surface area contributed by atoms with Crippen LogP contribution in [-0.4, -0.2) is 15.0 Å². The molecule has 3 aromatic heterocycles. The van der Waals surface area contributed by atoms with Crippen LogP contribution in [0.1, 0.15) is 0 Å². The summed E-state index contributed by atoms with van der Waals surface area (Å²) in [5.41, 5.74) is 2.06. The van der Waals surface area contributed by atoms with Crippen molar-refractivity contribution in [2.75, 3.05) is 0 Å². The molecule has 0 fully saturated rings. The Morgan fingerprint density at radius 2 is 1.87 bits per heavy atom. The molecule has 3 rings (SSSR count). The topological polar surface area (TPSA) is 38.7 Å². The first-order valence-electron chi connectivity index (χ1n) is 4.54. The molecule has 15 heavy (non-hydrogen) atoms. The summed E-state index contributed by atoms with van der Waals surface area (Å²) < 4.78 is 0. The van der Waals surface area contributed by atoms with Gasteiger partial charge in [0, 0.05) is 23.3 Å². The molecular formula is C11H7N3S. The van der Waals surface area contributed by atoms with E-state index in [9.17, 15) is 0 Å². The summed E-state index contributed by atoms with van der Waals surface area (Å²) in [7, 11) is 0. The Labute approximate surface area is 90.5 Å². The maximum Gasteiger partial charge on any atom is 0.127 e. The van der Waals surface area contributed by atoms with Crippen molar-refractivity contribution in [1.29, 1.82) is 0 Å². The zero-order valence-corrected chi connectivity index (χ0v) is 8.61. The highest BCUT2D eigenvalue weighted by atomic mass is 32.1. The van der Waals surface area contributed by atoms with E-state index in [1.807, 2.05) is 17.5 Å². The molecule has 0 atom stereocenters. The lowest BCUT2D eigenvalue weighted by molar-refractivity contribution is 1.23. The second-order valence-electron chi connectivity index (χ2n) is 3.10. The molecule has 0 bridgehead atoms. The van der Waals surface area contributed by atoms with Crippen molar-refractivity contribution in [1.82, 2.24) is 15.0 Å². The molecule has 0 spiro atoms. The molecule has 0 N–H and O–H groups in total. The molecule has 0 aliphatic carbocycles. The van der Waals surface area contributed by atoms with Crippen LogP contribution in [0.4, 0.5) is 0 Å². The molecule has 0 amide bonds. The second kappa shape index (κ2) is 3.40. The molecule has 3 heterocycles. The highest BCUT2D eigenvalue weighted by Crippen LogP contribution is 2.27. The van der Waals surface area contributed by atoms with Crippen molar-refractivity contribution in [2.24, 2.45) is 0 Å². The van der Waals surface area contributed by atoms with Crippen molar-refractivity contribution in [3.8, 4) is 11.3 Å². The normalized spacial score (nSPS) is 10.7. The minimum absolute atomic E-state index is 0.976. The molecule has 3 nitrogen and oxygen atoms in total. The van der Waals surface area contributed by atoms with Gasteiger partial charge in [-0.2, -0.15) is 0 Å². The van der Waals surface area contributed by atoms with Crippen LogP contribution in [-0.2, 0) is 0 Å². The fourth-order valence-electron chi connectivity index (χ4n) is 1.53. The summed E-state index contributed by atoms with van der Waals surface area (Å²) in [5, 5.41) is 3.14. The summed E-state index contributed by atoms with van der Waals surface area (Å²) >= 11 is 1.63. The molecule has 0 aliphatic heterocycles. The van der Waals surface area contributed by atoms with Crippen LogP contribution < -0.4 is 0 Å². The fourth-order valence-corrected chi connectivity index (χ4v) is 2.26. The number of thiophene rings is 1. The van der Waals surface area contributed by atoms with Gasteiger partial charge in [-0.25, -0.2) is 9.97 Å². The summed E-state index contributed by atoms with van der Waals surface area (Å²) in [6, 6.07) is 5.97. The monoisotopic (exact) mass is 213 g/mol. The summed E-state index contributed by atoms with van der Waals surface area (Å²) in [6.45, 7) is 0. The van der Waals surface area contributed by atoms with Crippen molar-refractivity contribution < 1.29 is 0 Å². The lowest BCUT2D eigenvalue weighted by Crippen LogP contribution is -1.85. The molecule has 0 aromatic carbocycles. The lowest BCUT2D eigenvalue weighted by atomic mass is 10.1. The van der Waals surface area contributed by atoms with Gasteiger partial charge in [0.2, 0.25) is 0 Å². The first-order valence-corrected chi connectivity index (χ1v) is 5.42. The Morgan fingerprint density at radius 3 is 2.73 bits per heavy atom.